The fraction of sp³-hybridized carbons (Fsp3) is 0.278. The first-order chi connectivity index (χ1) is 11.8. The molecule has 122 valence electrons. The second-order valence-corrected chi connectivity index (χ2v) is 5.99. The maximum atomic E-state index is 13.8. The van der Waals surface area contributed by atoms with E-state index in [9.17, 15) is 4.39 Å². The maximum absolute atomic E-state index is 13.8. The molecule has 3 aromatic rings. The molecule has 4 rings (SSSR count). The monoisotopic (exact) mass is 324 g/mol. The largest absolute Gasteiger partial charge is 0.338 e. The molecule has 0 spiro atoms. The lowest BCUT2D eigenvalue weighted by Gasteiger charge is -2.19. The second kappa shape index (κ2) is 6.49. The quantitative estimate of drug-likeness (QED) is 0.695. The van der Waals surface area contributed by atoms with Crippen LogP contribution < -0.4 is 0 Å². The Labute approximate surface area is 139 Å². The van der Waals surface area contributed by atoms with Gasteiger partial charge < -0.3 is 4.52 Å². The van der Waals surface area contributed by atoms with Gasteiger partial charge in [0.15, 0.2) is 0 Å². The molecule has 1 aliphatic carbocycles. The third kappa shape index (κ3) is 3.33. The summed E-state index contributed by atoms with van der Waals surface area (Å²) >= 11 is 0. The molecule has 0 bridgehead atoms. The first kappa shape index (κ1) is 15.0. The van der Waals surface area contributed by atoms with Crippen LogP contribution in [0.2, 0.25) is 0 Å². The molecule has 0 saturated heterocycles. The molecule has 1 aliphatic rings. The Morgan fingerprint density at radius 3 is 2.75 bits per heavy atom. The van der Waals surface area contributed by atoms with Gasteiger partial charge in [0.25, 0.3) is 0 Å². The number of benzene rings is 1. The molecule has 24 heavy (non-hydrogen) atoms. The van der Waals surface area contributed by atoms with Crippen molar-refractivity contribution in [1.29, 1.82) is 0 Å². The minimum absolute atomic E-state index is 0.292. The van der Waals surface area contributed by atoms with Crippen LogP contribution in [0.1, 0.15) is 24.3 Å². The van der Waals surface area contributed by atoms with Gasteiger partial charge in [-0.15, -0.1) is 0 Å². The average Bonchev–Trinajstić information content (AvgIpc) is 3.36. The van der Waals surface area contributed by atoms with Crippen molar-refractivity contribution in [1.82, 2.24) is 20.0 Å². The van der Waals surface area contributed by atoms with Gasteiger partial charge in [-0.2, -0.15) is 4.98 Å². The van der Waals surface area contributed by atoms with Crippen molar-refractivity contribution in [3.8, 4) is 11.4 Å². The molecule has 2 heterocycles. The molecular weight excluding hydrogens is 307 g/mol. The van der Waals surface area contributed by atoms with Crippen LogP contribution in [0, 0.1) is 5.82 Å². The Balaban J connectivity index is 1.50. The zero-order valence-corrected chi connectivity index (χ0v) is 13.1. The first-order valence-corrected chi connectivity index (χ1v) is 8.00. The van der Waals surface area contributed by atoms with Gasteiger partial charge in [-0.25, -0.2) is 4.39 Å². The number of rotatable bonds is 6. The second-order valence-electron chi connectivity index (χ2n) is 5.99. The van der Waals surface area contributed by atoms with E-state index >= 15 is 0 Å². The molecule has 6 heteroatoms. The van der Waals surface area contributed by atoms with Crippen LogP contribution >= 0.6 is 0 Å². The van der Waals surface area contributed by atoms with E-state index in [0.717, 1.165) is 12.1 Å². The van der Waals surface area contributed by atoms with Gasteiger partial charge in [-0.3, -0.25) is 9.88 Å². The third-order valence-corrected chi connectivity index (χ3v) is 4.09. The van der Waals surface area contributed by atoms with E-state index in [0.29, 0.717) is 29.9 Å². The van der Waals surface area contributed by atoms with Crippen molar-refractivity contribution in [2.75, 3.05) is 0 Å². The van der Waals surface area contributed by atoms with Crippen molar-refractivity contribution in [2.45, 2.75) is 32.0 Å². The molecule has 5 nitrogen and oxygen atoms in total. The Morgan fingerprint density at radius 2 is 2.00 bits per heavy atom. The van der Waals surface area contributed by atoms with Crippen LogP contribution in [0.15, 0.2) is 53.3 Å². The topological polar surface area (TPSA) is 55.1 Å². The molecule has 0 N–H and O–H groups in total. The van der Waals surface area contributed by atoms with Crippen LogP contribution in [0.5, 0.6) is 0 Å². The van der Waals surface area contributed by atoms with Crippen LogP contribution in [-0.4, -0.2) is 26.1 Å². The van der Waals surface area contributed by atoms with Crippen LogP contribution in [0.4, 0.5) is 4.39 Å². The van der Waals surface area contributed by atoms with Crippen molar-refractivity contribution in [3.05, 3.63) is 66.1 Å². The van der Waals surface area contributed by atoms with E-state index in [-0.39, 0.29) is 5.82 Å². The lowest BCUT2D eigenvalue weighted by Crippen LogP contribution is -2.25. The Hall–Kier alpha value is -2.60. The summed E-state index contributed by atoms with van der Waals surface area (Å²) in [6.45, 7) is 1.34. The van der Waals surface area contributed by atoms with E-state index < -0.39 is 0 Å². The van der Waals surface area contributed by atoms with Gasteiger partial charge in [0.1, 0.15) is 5.82 Å². The number of pyridine rings is 1. The first-order valence-electron chi connectivity index (χ1n) is 8.00. The smallest absolute Gasteiger partial charge is 0.241 e. The number of halogens is 1. The molecule has 0 unspecified atom stereocenters. The summed E-state index contributed by atoms with van der Waals surface area (Å²) in [5, 5.41) is 3.92. The maximum Gasteiger partial charge on any atom is 0.241 e. The molecule has 0 amide bonds. The van der Waals surface area contributed by atoms with Gasteiger partial charge in [-0.05, 0) is 36.6 Å². The highest BCUT2D eigenvalue weighted by molar-refractivity contribution is 5.54. The van der Waals surface area contributed by atoms with Crippen molar-refractivity contribution < 1.29 is 8.91 Å². The zero-order chi connectivity index (χ0) is 16.4. The number of nitrogens with zero attached hydrogens (tertiary/aromatic N) is 4. The minimum atomic E-state index is -0.348. The standard InChI is InChI=1S/C18H17FN4O/c19-16-6-2-1-5-15(16)18-21-17(24-22-18)12-23(14-7-8-14)11-13-4-3-9-20-10-13/h1-6,9-10,14H,7-8,11-12H2. The van der Waals surface area contributed by atoms with E-state index in [1.54, 1.807) is 24.4 Å². The highest BCUT2D eigenvalue weighted by atomic mass is 19.1. The summed E-state index contributed by atoms with van der Waals surface area (Å²) in [6, 6.07) is 11.0. The van der Waals surface area contributed by atoms with Gasteiger partial charge >= 0.3 is 0 Å². The third-order valence-electron chi connectivity index (χ3n) is 4.09. The molecule has 0 radical (unpaired) electrons. The predicted molar refractivity (Wildman–Crippen MR) is 86.2 cm³/mol. The molecule has 1 fully saturated rings. The number of hydrogen-bond acceptors (Lipinski definition) is 5. The summed E-state index contributed by atoms with van der Waals surface area (Å²) in [7, 11) is 0. The fourth-order valence-electron chi connectivity index (χ4n) is 2.72. The zero-order valence-electron chi connectivity index (χ0n) is 13.1. The molecule has 0 atom stereocenters. The Morgan fingerprint density at radius 1 is 1.12 bits per heavy atom. The van der Waals surface area contributed by atoms with Crippen LogP contribution in [-0.2, 0) is 13.1 Å². The Bertz CT molecular complexity index is 817. The fourth-order valence-corrected chi connectivity index (χ4v) is 2.72. The van der Waals surface area contributed by atoms with Crippen molar-refractivity contribution in [3.63, 3.8) is 0 Å². The molecule has 2 aromatic heterocycles. The lowest BCUT2D eigenvalue weighted by molar-refractivity contribution is 0.209. The summed E-state index contributed by atoms with van der Waals surface area (Å²) in [5.74, 6) is 0.448. The predicted octanol–water partition coefficient (Wildman–Crippen LogP) is 3.44. The molecule has 1 aromatic carbocycles. The van der Waals surface area contributed by atoms with E-state index in [1.165, 1.54) is 18.9 Å². The minimum Gasteiger partial charge on any atom is -0.338 e. The van der Waals surface area contributed by atoms with Crippen molar-refractivity contribution in [2.24, 2.45) is 0 Å². The molecular formula is C18H17FN4O. The van der Waals surface area contributed by atoms with Gasteiger partial charge in [-0.1, -0.05) is 23.4 Å². The highest BCUT2D eigenvalue weighted by Gasteiger charge is 2.30. The van der Waals surface area contributed by atoms with Crippen molar-refractivity contribution >= 4 is 0 Å². The van der Waals surface area contributed by atoms with Gasteiger partial charge in [0.2, 0.25) is 11.7 Å². The van der Waals surface area contributed by atoms with Crippen LogP contribution in [0.25, 0.3) is 11.4 Å². The molecule has 1 saturated carbocycles. The van der Waals surface area contributed by atoms with E-state index in [2.05, 4.69) is 26.1 Å². The Kier molecular flexibility index (Phi) is 4.04. The average molecular weight is 324 g/mol. The summed E-state index contributed by atoms with van der Waals surface area (Å²) in [6.07, 6.45) is 5.99. The summed E-state index contributed by atoms with van der Waals surface area (Å²) in [4.78, 5) is 10.8. The van der Waals surface area contributed by atoms with Gasteiger partial charge in [0, 0.05) is 25.0 Å². The summed E-state index contributed by atoms with van der Waals surface area (Å²) in [5.41, 5.74) is 1.51. The highest BCUT2D eigenvalue weighted by Crippen LogP contribution is 2.30. The van der Waals surface area contributed by atoms with Gasteiger partial charge in [0.05, 0.1) is 12.1 Å². The number of aromatic nitrogens is 3. The van der Waals surface area contributed by atoms with E-state index in [1.807, 2.05) is 12.3 Å². The molecule has 0 aliphatic heterocycles. The lowest BCUT2D eigenvalue weighted by atomic mass is 10.2. The van der Waals surface area contributed by atoms with E-state index in [4.69, 9.17) is 4.52 Å². The summed E-state index contributed by atoms with van der Waals surface area (Å²) < 4.78 is 19.2. The SMILES string of the molecule is Fc1ccccc1-c1noc(CN(Cc2cccnc2)C2CC2)n1. The normalized spacial score (nSPS) is 14.2. The van der Waals surface area contributed by atoms with Crippen LogP contribution in [0.3, 0.4) is 0 Å². The number of hydrogen-bond donors (Lipinski definition) is 0.